The summed E-state index contributed by atoms with van der Waals surface area (Å²) in [7, 11) is 2.06. The highest BCUT2D eigenvalue weighted by atomic mass is 35.5. The van der Waals surface area contributed by atoms with E-state index in [1.54, 1.807) is 0 Å². The fraction of sp³-hybridized carbons (Fsp3) is 0.438. The summed E-state index contributed by atoms with van der Waals surface area (Å²) in [5.74, 6) is 1.42. The van der Waals surface area contributed by atoms with Crippen LogP contribution >= 0.6 is 11.6 Å². The van der Waals surface area contributed by atoms with Crippen molar-refractivity contribution in [1.29, 1.82) is 0 Å². The van der Waals surface area contributed by atoms with Crippen molar-refractivity contribution in [2.24, 2.45) is 7.05 Å². The maximum Gasteiger partial charge on any atom is 0.179 e. The Labute approximate surface area is 134 Å². The van der Waals surface area contributed by atoms with E-state index in [-0.39, 0.29) is 0 Å². The Morgan fingerprint density at radius 2 is 2.14 bits per heavy atom. The van der Waals surface area contributed by atoms with Gasteiger partial charge >= 0.3 is 0 Å². The first-order chi connectivity index (χ1) is 10.7. The standard InChI is InChI=1S/C16H18ClN3O2/c1-19-10-18-13-9-20(3-2-14(13)19)8-11-6-12(17)16-15(7-11)21-4-5-22-16/h6-7,10H,2-5,8-9H2,1H3. The molecule has 0 saturated carbocycles. The lowest BCUT2D eigenvalue weighted by atomic mass is 10.1. The van der Waals surface area contributed by atoms with Gasteiger partial charge in [0.2, 0.25) is 0 Å². The largest absolute Gasteiger partial charge is 0.486 e. The molecule has 3 heterocycles. The van der Waals surface area contributed by atoms with Gasteiger partial charge in [-0.05, 0) is 17.7 Å². The number of aryl methyl sites for hydroxylation is 1. The minimum absolute atomic E-state index is 0.556. The Morgan fingerprint density at radius 1 is 1.27 bits per heavy atom. The average molecular weight is 320 g/mol. The summed E-state index contributed by atoms with van der Waals surface area (Å²) in [6.07, 6.45) is 2.93. The molecule has 1 aromatic carbocycles. The Morgan fingerprint density at radius 3 is 3.05 bits per heavy atom. The lowest BCUT2D eigenvalue weighted by molar-refractivity contribution is 0.171. The van der Waals surface area contributed by atoms with Crippen LogP contribution in [0.3, 0.4) is 0 Å². The van der Waals surface area contributed by atoms with Gasteiger partial charge in [-0.3, -0.25) is 4.90 Å². The predicted octanol–water partition coefficient (Wildman–Crippen LogP) is 2.40. The van der Waals surface area contributed by atoms with Gasteiger partial charge in [0, 0.05) is 38.8 Å². The van der Waals surface area contributed by atoms with E-state index in [0.29, 0.717) is 24.0 Å². The molecule has 6 heteroatoms. The summed E-state index contributed by atoms with van der Waals surface area (Å²) < 4.78 is 13.3. The highest BCUT2D eigenvalue weighted by Crippen LogP contribution is 2.38. The summed E-state index contributed by atoms with van der Waals surface area (Å²) in [4.78, 5) is 6.87. The number of fused-ring (bicyclic) bond motifs is 2. The average Bonchev–Trinajstić information content (AvgIpc) is 2.88. The molecular weight excluding hydrogens is 302 g/mol. The van der Waals surface area contributed by atoms with Gasteiger partial charge in [-0.2, -0.15) is 0 Å². The summed E-state index contributed by atoms with van der Waals surface area (Å²) >= 11 is 6.31. The minimum atomic E-state index is 0.556. The second-order valence-corrected chi connectivity index (χ2v) is 6.22. The topological polar surface area (TPSA) is 39.5 Å². The van der Waals surface area contributed by atoms with Crippen molar-refractivity contribution in [1.82, 2.24) is 14.5 Å². The highest BCUT2D eigenvalue weighted by Gasteiger charge is 2.22. The Hall–Kier alpha value is -1.72. The van der Waals surface area contributed by atoms with Gasteiger partial charge in [0.15, 0.2) is 11.5 Å². The van der Waals surface area contributed by atoms with E-state index in [0.717, 1.165) is 37.4 Å². The third kappa shape index (κ3) is 2.44. The first kappa shape index (κ1) is 13.9. The zero-order valence-electron chi connectivity index (χ0n) is 12.5. The molecule has 1 aromatic heterocycles. The van der Waals surface area contributed by atoms with Crippen LogP contribution in [-0.2, 0) is 26.6 Å². The Bertz CT molecular complexity index is 714. The molecule has 0 N–H and O–H groups in total. The summed E-state index contributed by atoms with van der Waals surface area (Å²) in [5, 5.41) is 0.628. The number of ether oxygens (including phenoxy) is 2. The molecule has 2 aliphatic rings. The van der Waals surface area contributed by atoms with Crippen LogP contribution in [0.2, 0.25) is 5.02 Å². The molecule has 0 saturated heterocycles. The van der Waals surface area contributed by atoms with E-state index < -0.39 is 0 Å². The molecule has 0 spiro atoms. The summed E-state index contributed by atoms with van der Waals surface area (Å²) in [6.45, 7) is 3.88. The number of halogens is 1. The second-order valence-electron chi connectivity index (χ2n) is 5.81. The third-order valence-corrected chi connectivity index (χ3v) is 4.53. The molecule has 0 radical (unpaired) electrons. The normalized spacial score (nSPS) is 17.4. The SMILES string of the molecule is Cn1cnc2c1CCN(Cc1cc(Cl)c3c(c1)OCCO3)C2. The molecule has 5 nitrogen and oxygen atoms in total. The van der Waals surface area contributed by atoms with Crippen molar-refractivity contribution < 1.29 is 9.47 Å². The number of hydrogen-bond donors (Lipinski definition) is 0. The number of benzene rings is 1. The molecule has 4 rings (SSSR count). The van der Waals surface area contributed by atoms with Crippen molar-refractivity contribution >= 4 is 11.6 Å². The van der Waals surface area contributed by atoms with Crippen LogP contribution in [0.4, 0.5) is 0 Å². The van der Waals surface area contributed by atoms with E-state index in [4.69, 9.17) is 21.1 Å². The molecule has 116 valence electrons. The van der Waals surface area contributed by atoms with E-state index in [1.165, 1.54) is 11.4 Å². The fourth-order valence-corrected chi connectivity index (χ4v) is 3.45. The van der Waals surface area contributed by atoms with Crippen LogP contribution in [0.1, 0.15) is 17.0 Å². The van der Waals surface area contributed by atoms with Crippen LogP contribution in [-0.4, -0.2) is 34.2 Å². The number of nitrogens with zero attached hydrogens (tertiary/aromatic N) is 3. The molecule has 0 aliphatic carbocycles. The van der Waals surface area contributed by atoms with Gasteiger partial charge in [0.05, 0.1) is 17.0 Å². The quantitative estimate of drug-likeness (QED) is 0.852. The molecule has 0 atom stereocenters. The van der Waals surface area contributed by atoms with Crippen molar-refractivity contribution in [2.75, 3.05) is 19.8 Å². The molecule has 2 aromatic rings. The molecule has 22 heavy (non-hydrogen) atoms. The van der Waals surface area contributed by atoms with Crippen molar-refractivity contribution in [3.05, 3.63) is 40.4 Å². The number of aromatic nitrogens is 2. The lowest BCUT2D eigenvalue weighted by Gasteiger charge is -2.27. The summed E-state index contributed by atoms with van der Waals surface area (Å²) in [5.41, 5.74) is 3.67. The second kappa shape index (κ2) is 5.48. The molecule has 0 amide bonds. The van der Waals surface area contributed by atoms with Crippen LogP contribution in [0.25, 0.3) is 0 Å². The van der Waals surface area contributed by atoms with Gasteiger partial charge in [-0.15, -0.1) is 0 Å². The van der Waals surface area contributed by atoms with Crippen molar-refractivity contribution in [3.8, 4) is 11.5 Å². The van der Waals surface area contributed by atoms with Crippen molar-refractivity contribution in [3.63, 3.8) is 0 Å². The van der Waals surface area contributed by atoms with Gasteiger partial charge < -0.3 is 14.0 Å². The predicted molar refractivity (Wildman–Crippen MR) is 83.5 cm³/mol. The lowest BCUT2D eigenvalue weighted by Crippen LogP contribution is -2.30. The smallest absolute Gasteiger partial charge is 0.179 e. The van der Waals surface area contributed by atoms with Gasteiger partial charge in [0.1, 0.15) is 13.2 Å². The summed E-state index contributed by atoms with van der Waals surface area (Å²) in [6, 6.07) is 4.01. The number of rotatable bonds is 2. The third-order valence-electron chi connectivity index (χ3n) is 4.25. The Balaban J connectivity index is 1.53. The molecule has 0 unspecified atom stereocenters. The van der Waals surface area contributed by atoms with Gasteiger partial charge in [0.25, 0.3) is 0 Å². The number of imidazole rings is 1. The van der Waals surface area contributed by atoms with Crippen molar-refractivity contribution in [2.45, 2.75) is 19.5 Å². The zero-order valence-corrected chi connectivity index (χ0v) is 13.3. The van der Waals surface area contributed by atoms with Gasteiger partial charge in [-0.1, -0.05) is 11.6 Å². The maximum absolute atomic E-state index is 6.31. The Kier molecular flexibility index (Phi) is 3.47. The van der Waals surface area contributed by atoms with E-state index in [2.05, 4.69) is 21.5 Å². The number of hydrogen-bond acceptors (Lipinski definition) is 4. The van der Waals surface area contributed by atoms with Crippen LogP contribution in [0, 0.1) is 0 Å². The first-order valence-corrected chi connectivity index (χ1v) is 7.88. The molecule has 0 bridgehead atoms. The van der Waals surface area contributed by atoms with Gasteiger partial charge in [-0.25, -0.2) is 4.98 Å². The molecule has 0 fully saturated rings. The maximum atomic E-state index is 6.31. The molecular formula is C16H18ClN3O2. The fourth-order valence-electron chi connectivity index (χ4n) is 3.16. The zero-order chi connectivity index (χ0) is 15.1. The monoisotopic (exact) mass is 319 g/mol. The highest BCUT2D eigenvalue weighted by molar-refractivity contribution is 6.32. The van der Waals surface area contributed by atoms with E-state index in [1.807, 2.05) is 18.5 Å². The van der Waals surface area contributed by atoms with Crippen LogP contribution in [0.15, 0.2) is 18.5 Å². The van der Waals surface area contributed by atoms with E-state index in [9.17, 15) is 0 Å². The van der Waals surface area contributed by atoms with E-state index >= 15 is 0 Å². The minimum Gasteiger partial charge on any atom is -0.486 e. The molecule has 2 aliphatic heterocycles. The van der Waals surface area contributed by atoms with Crippen LogP contribution in [0.5, 0.6) is 11.5 Å². The van der Waals surface area contributed by atoms with Crippen LogP contribution < -0.4 is 9.47 Å². The first-order valence-electron chi connectivity index (χ1n) is 7.50.